The van der Waals surface area contributed by atoms with Gasteiger partial charge in [0, 0.05) is 5.56 Å². The molecule has 2 aromatic rings. The molecule has 1 N–H and O–H groups in total. The molecule has 2 rings (SSSR count). The zero-order valence-electron chi connectivity index (χ0n) is 14.4. The summed E-state index contributed by atoms with van der Waals surface area (Å²) < 4.78 is 4.75. The SMILES string of the molecule is COC(=O)[C@@H](NC(=O)c1ccc(-c2ccccc2)nc1C)C(C)C. The van der Waals surface area contributed by atoms with Crippen molar-refractivity contribution < 1.29 is 14.3 Å². The van der Waals surface area contributed by atoms with Crippen LogP contribution in [0.5, 0.6) is 0 Å². The number of esters is 1. The quantitative estimate of drug-likeness (QED) is 0.858. The monoisotopic (exact) mass is 326 g/mol. The number of aromatic nitrogens is 1. The van der Waals surface area contributed by atoms with Gasteiger partial charge in [-0.1, -0.05) is 44.2 Å². The molecule has 0 unspecified atom stereocenters. The van der Waals surface area contributed by atoms with Gasteiger partial charge in [0.25, 0.3) is 5.91 Å². The number of amides is 1. The van der Waals surface area contributed by atoms with Crippen molar-refractivity contribution in [3.63, 3.8) is 0 Å². The zero-order valence-corrected chi connectivity index (χ0v) is 14.4. The molecule has 1 aromatic heterocycles. The van der Waals surface area contributed by atoms with Gasteiger partial charge in [0.2, 0.25) is 0 Å². The van der Waals surface area contributed by atoms with Gasteiger partial charge < -0.3 is 10.1 Å². The lowest BCUT2D eigenvalue weighted by Gasteiger charge is -2.20. The molecule has 5 nitrogen and oxygen atoms in total. The summed E-state index contributed by atoms with van der Waals surface area (Å²) in [6.45, 7) is 5.49. The largest absolute Gasteiger partial charge is 0.467 e. The molecule has 0 fully saturated rings. The standard InChI is InChI=1S/C19H22N2O3/c1-12(2)17(19(23)24-4)21-18(22)15-10-11-16(20-13(15)3)14-8-6-5-7-9-14/h5-12,17H,1-4H3,(H,21,22)/t17-/m0/s1. The van der Waals surface area contributed by atoms with E-state index in [-0.39, 0.29) is 11.8 Å². The number of nitrogens with one attached hydrogen (secondary N) is 1. The van der Waals surface area contributed by atoms with Crippen molar-refractivity contribution in [3.05, 3.63) is 53.7 Å². The van der Waals surface area contributed by atoms with Crippen LogP contribution in [0.1, 0.15) is 29.9 Å². The molecular weight excluding hydrogens is 304 g/mol. The summed E-state index contributed by atoms with van der Waals surface area (Å²) in [7, 11) is 1.31. The Bertz CT molecular complexity index is 727. The van der Waals surface area contributed by atoms with Crippen LogP contribution in [0, 0.1) is 12.8 Å². The molecule has 126 valence electrons. The third-order valence-electron chi connectivity index (χ3n) is 3.81. The summed E-state index contributed by atoms with van der Waals surface area (Å²) in [5.41, 5.74) is 2.85. The fourth-order valence-electron chi connectivity index (χ4n) is 2.41. The smallest absolute Gasteiger partial charge is 0.328 e. The summed E-state index contributed by atoms with van der Waals surface area (Å²) in [5.74, 6) is -0.855. The fraction of sp³-hybridized carbons (Fsp3) is 0.316. The molecule has 0 bridgehead atoms. The van der Waals surface area contributed by atoms with Gasteiger partial charge in [0.15, 0.2) is 0 Å². The highest BCUT2D eigenvalue weighted by atomic mass is 16.5. The van der Waals surface area contributed by atoms with Crippen LogP contribution in [-0.4, -0.2) is 30.0 Å². The molecule has 0 spiro atoms. The second-order valence-corrected chi connectivity index (χ2v) is 5.91. The van der Waals surface area contributed by atoms with Crippen molar-refractivity contribution in [3.8, 4) is 11.3 Å². The average Bonchev–Trinajstić information content (AvgIpc) is 2.59. The van der Waals surface area contributed by atoms with Crippen LogP contribution in [0.2, 0.25) is 0 Å². The Balaban J connectivity index is 2.23. The Morgan fingerprint density at radius 2 is 1.75 bits per heavy atom. The van der Waals surface area contributed by atoms with E-state index in [9.17, 15) is 9.59 Å². The number of hydrogen-bond donors (Lipinski definition) is 1. The molecule has 1 heterocycles. The molecule has 0 aliphatic rings. The van der Waals surface area contributed by atoms with Gasteiger partial charge in [0.1, 0.15) is 6.04 Å². The number of carbonyl (C=O) groups excluding carboxylic acids is 2. The molecule has 0 saturated heterocycles. The van der Waals surface area contributed by atoms with Crippen molar-refractivity contribution in [2.45, 2.75) is 26.8 Å². The number of nitrogens with zero attached hydrogens (tertiary/aromatic N) is 1. The lowest BCUT2D eigenvalue weighted by atomic mass is 10.0. The molecule has 0 aliphatic carbocycles. The van der Waals surface area contributed by atoms with Crippen molar-refractivity contribution in [2.75, 3.05) is 7.11 Å². The van der Waals surface area contributed by atoms with E-state index in [1.165, 1.54) is 7.11 Å². The number of hydrogen-bond acceptors (Lipinski definition) is 4. The first-order valence-corrected chi connectivity index (χ1v) is 7.85. The third kappa shape index (κ3) is 3.98. The summed E-state index contributed by atoms with van der Waals surface area (Å²) >= 11 is 0. The van der Waals surface area contributed by atoms with E-state index in [1.54, 1.807) is 19.1 Å². The molecule has 0 radical (unpaired) electrons. The summed E-state index contributed by atoms with van der Waals surface area (Å²) in [5, 5.41) is 2.73. The molecule has 5 heteroatoms. The van der Waals surface area contributed by atoms with Gasteiger partial charge in [-0.3, -0.25) is 9.78 Å². The Morgan fingerprint density at radius 3 is 2.29 bits per heavy atom. The van der Waals surface area contributed by atoms with Gasteiger partial charge in [-0.05, 0) is 25.0 Å². The zero-order chi connectivity index (χ0) is 17.7. The van der Waals surface area contributed by atoms with E-state index in [4.69, 9.17) is 4.74 Å². The Hall–Kier alpha value is -2.69. The van der Waals surface area contributed by atoms with E-state index in [0.717, 1.165) is 11.3 Å². The molecule has 1 aromatic carbocycles. The maximum absolute atomic E-state index is 12.5. The fourth-order valence-corrected chi connectivity index (χ4v) is 2.41. The van der Waals surface area contributed by atoms with E-state index in [2.05, 4.69) is 10.3 Å². The Morgan fingerprint density at radius 1 is 1.08 bits per heavy atom. The third-order valence-corrected chi connectivity index (χ3v) is 3.81. The lowest BCUT2D eigenvalue weighted by molar-refractivity contribution is -0.144. The van der Waals surface area contributed by atoms with Crippen LogP contribution in [0.3, 0.4) is 0 Å². The van der Waals surface area contributed by atoms with Crippen molar-refractivity contribution >= 4 is 11.9 Å². The Labute approximate surface area is 142 Å². The van der Waals surface area contributed by atoms with Gasteiger partial charge in [-0.25, -0.2) is 4.79 Å². The molecule has 24 heavy (non-hydrogen) atoms. The minimum Gasteiger partial charge on any atom is -0.467 e. The molecule has 0 aliphatic heterocycles. The number of carbonyl (C=O) groups is 2. The highest BCUT2D eigenvalue weighted by molar-refractivity contribution is 5.97. The van der Waals surface area contributed by atoms with Gasteiger partial charge in [0.05, 0.1) is 24.1 Å². The molecular formula is C19H22N2O3. The van der Waals surface area contributed by atoms with Gasteiger partial charge in [-0.15, -0.1) is 0 Å². The van der Waals surface area contributed by atoms with Crippen molar-refractivity contribution in [1.82, 2.24) is 10.3 Å². The summed E-state index contributed by atoms with van der Waals surface area (Å²) in [6.07, 6.45) is 0. The maximum atomic E-state index is 12.5. The van der Waals surface area contributed by atoms with Crippen molar-refractivity contribution in [2.24, 2.45) is 5.92 Å². The van der Waals surface area contributed by atoms with E-state index < -0.39 is 12.0 Å². The van der Waals surface area contributed by atoms with Crippen LogP contribution in [0.15, 0.2) is 42.5 Å². The first kappa shape index (κ1) is 17.7. The van der Waals surface area contributed by atoms with Crippen LogP contribution in [0.25, 0.3) is 11.3 Å². The van der Waals surface area contributed by atoms with Crippen LogP contribution >= 0.6 is 0 Å². The second kappa shape index (κ2) is 7.73. The number of benzene rings is 1. The number of pyridine rings is 1. The normalized spacial score (nSPS) is 11.9. The minimum atomic E-state index is -0.685. The number of aryl methyl sites for hydroxylation is 1. The van der Waals surface area contributed by atoms with E-state index in [1.807, 2.05) is 44.2 Å². The van der Waals surface area contributed by atoms with Gasteiger partial charge >= 0.3 is 5.97 Å². The van der Waals surface area contributed by atoms with E-state index in [0.29, 0.717) is 11.3 Å². The summed E-state index contributed by atoms with van der Waals surface area (Å²) in [6, 6.07) is 12.6. The topological polar surface area (TPSA) is 68.3 Å². The van der Waals surface area contributed by atoms with Crippen molar-refractivity contribution in [1.29, 1.82) is 0 Å². The number of methoxy groups -OCH3 is 1. The lowest BCUT2D eigenvalue weighted by Crippen LogP contribution is -2.45. The number of ether oxygens (including phenoxy) is 1. The van der Waals surface area contributed by atoms with Crippen LogP contribution < -0.4 is 5.32 Å². The summed E-state index contributed by atoms with van der Waals surface area (Å²) in [4.78, 5) is 28.8. The predicted octanol–water partition coefficient (Wildman–Crippen LogP) is 2.98. The average molecular weight is 326 g/mol. The predicted molar refractivity (Wildman–Crippen MR) is 92.5 cm³/mol. The second-order valence-electron chi connectivity index (χ2n) is 5.91. The highest BCUT2D eigenvalue weighted by Gasteiger charge is 2.26. The number of rotatable bonds is 5. The first-order valence-electron chi connectivity index (χ1n) is 7.85. The Kier molecular flexibility index (Phi) is 5.68. The van der Waals surface area contributed by atoms with Crippen LogP contribution in [0.4, 0.5) is 0 Å². The minimum absolute atomic E-state index is 0.0711. The molecule has 0 saturated carbocycles. The van der Waals surface area contributed by atoms with Crippen LogP contribution in [-0.2, 0) is 9.53 Å². The van der Waals surface area contributed by atoms with E-state index >= 15 is 0 Å². The molecule has 1 atom stereocenters. The van der Waals surface area contributed by atoms with Gasteiger partial charge in [-0.2, -0.15) is 0 Å². The first-order chi connectivity index (χ1) is 11.4. The molecule has 1 amide bonds. The maximum Gasteiger partial charge on any atom is 0.328 e. The highest BCUT2D eigenvalue weighted by Crippen LogP contribution is 2.19.